The molecule has 4 N–H and O–H groups in total. The quantitative estimate of drug-likeness (QED) is 0.498. The number of allylic oxidation sites excluding steroid dienone is 1. The van der Waals surface area contributed by atoms with Crippen LogP contribution >= 0.6 is 0 Å². The van der Waals surface area contributed by atoms with Crippen LogP contribution in [0.15, 0.2) is 36.4 Å². The molecule has 6 nitrogen and oxygen atoms in total. The Hall–Kier alpha value is -2.99. The summed E-state index contributed by atoms with van der Waals surface area (Å²) in [6.45, 7) is 3.41. The third-order valence-electron chi connectivity index (χ3n) is 4.48. The highest BCUT2D eigenvalue weighted by Crippen LogP contribution is 2.44. The molecule has 0 radical (unpaired) electrons. The first-order chi connectivity index (χ1) is 12.2. The molecular weight excluding hydrogens is 336 g/mol. The van der Waals surface area contributed by atoms with Gasteiger partial charge in [-0.25, -0.2) is 0 Å². The van der Waals surface area contributed by atoms with Crippen molar-refractivity contribution in [2.45, 2.75) is 32.0 Å². The first-order valence-electron chi connectivity index (χ1n) is 8.15. The third-order valence-corrected chi connectivity index (χ3v) is 4.48. The van der Waals surface area contributed by atoms with Crippen molar-refractivity contribution in [3.63, 3.8) is 0 Å². The lowest BCUT2D eigenvalue weighted by Crippen LogP contribution is -2.46. The summed E-state index contributed by atoms with van der Waals surface area (Å²) in [5.74, 6) is -1.02. The van der Waals surface area contributed by atoms with Crippen molar-refractivity contribution in [3.8, 4) is 23.0 Å². The smallest absolute Gasteiger partial charge is 0.193 e. The molecule has 2 aromatic rings. The van der Waals surface area contributed by atoms with Gasteiger partial charge in [-0.1, -0.05) is 18.2 Å². The maximum atomic E-state index is 12.5. The summed E-state index contributed by atoms with van der Waals surface area (Å²) in [5.41, 5.74) is -0.144. The zero-order valence-corrected chi connectivity index (χ0v) is 14.4. The van der Waals surface area contributed by atoms with Crippen LogP contribution in [0.3, 0.4) is 0 Å². The topological polar surface area (TPSA) is 107 Å². The fourth-order valence-electron chi connectivity index (χ4n) is 2.83. The second-order valence-electron chi connectivity index (χ2n) is 6.81. The number of aliphatic hydroxyl groups is 1. The molecule has 0 bridgehead atoms. The van der Waals surface area contributed by atoms with E-state index < -0.39 is 29.0 Å². The maximum absolute atomic E-state index is 12.5. The number of hydrogen-bond acceptors (Lipinski definition) is 6. The van der Waals surface area contributed by atoms with Gasteiger partial charge >= 0.3 is 0 Å². The number of aliphatic hydroxyl groups excluding tert-OH is 1. The minimum absolute atomic E-state index is 0.108. The molecule has 1 aliphatic heterocycles. The number of phenolic OH excluding ortho intramolecular Hbond substituents is 3. The highest BCUT2D eigenvalue weighted by atomic mass is 16.5. The van der Waals surface area contributed by atoms with E-state index in [9.17, 15) is 25.2 Å². The molecule has 0 saturated heterocycles. The summed E-state index contributed by atoms with van der Waals surface area (Å²) in [7, 11) is 0. The van der Waals surface area contributed by atoms with Crippen LogP contribution in [0, 0.1) is 0 Å². The molecule has 136 valence electrons. The Labute approximate surface area is 150 Å². The van der Waals surface area contributed by atoms with E-state index in [2.05, 4.69) is 0 Å². The molecule has 0 spiro atoms. The third kappa shape index (κ3) is 3.23. The second-order valence-corrected chi connectivity index (χ2v) is 6.81. The minimum Gasteiger partial charge on any atom is -0.508 e. The predicted octanol–water partition coefficient (Wildman–Crippen LogP) is 2.77. The number of benzene rings is 2. The highest BCUT2D eigenvalue weighted by Gasteiger charge is 2.38. The van der Waals surface area contributed by atoms with Gasteiger partial charge in [0.1, 0.15) is 34.2 Å². The van der Waals surface area contributed by atoms with Gasteiger partial charge < -0.3 is 25.2 Å². The Balaban J connectivity index is 1.94. The van der Waals surface area contributed by atoms with Crippen molar-refractivity contribution in [2.75, 3.05) is 0 Å². The van der Waals surface area contributed by atoms with Crippen molar-refractivity contribution in [3.05, 3.63) is 53.1 Å². The molecule has 0 aromatic heterocycles. The van der Waals surface area contributed by atoms with Gasteiger partial charge in [-0.2, -0.15) is 0 Å². The van der Waals surface area contributed by atoms with E-state index in [1.165, 1.54) is 30.4 Å². The van der Waals surface area contributed by atoms with E-state index >= 15 is 0 Å². The van der Waals surface area contributed by atoms with Crippen LogP contribution in [-0.4, -0.2) is 37.9 Å². The van der Waals surface area contributed by atoms with Crippen molar-refractivity contribution in [1.29, 1.82) is 0 Å². The van der Waals surface area contributed by atoms with Gasteiger partial charge in [-0.3, -0.25) is 4.79 Å². The van der Waals surface area contributed by atoms with Crippen LogP contribution in [-0.2, 0) is 6.42 Å². The number of carbonyl (C=O) groups is 1. The standard InChI is InChI=1S/C20H20O6/c1-20(2)17(24)9-13-16(26-20)10-15(23)18(19(13)25)14(22)8-5-11-3-6-12(21)7-4-11/h3-8,10,17,21,23-25H,9H2,1-2H3. The van der Waals surface area contributed by atoms with Gasteiger partial charge in [0, 0.05) is 18.1 Å². The van der Waals surface area contributed by atoms with Crippen LogP contribution in [0.2, 0.25) is 0 Å². The molecule has 2 aromatic carbocycles. The van der Waals surface area contributed by atoms with Crippen LogP contribution in [0.1, 0.15) is 35.3 Å². The summed E-state index contributed by atoms with van der Waals surface area (Å²) in [6, 6.07) is 7.50. The minimum atomic E-state index is -0.865. The van der Waals surface area contributed by atoms with Crippen molar-refractivity contribution >= 4 is 11.9 Å². The van der Waals surface area contributed by atoms with Crippen LogP contribution in [0.25, 0.3) is 6.08 Å². The van der Waals surface area contributed by atoms with Gasteiger partial charge in [0.25, 0.3) is 0 Å². The first kappa shape index (κ1) is 17.8. The number of ketones is 1. The van der Waals surface area contributed by atoms with E-state index in [0.29, 0.717) is 5.56 Å². The maximum Gasteiger partial charge on any atom is 0.193 e. The molecule has 6 heteroatoms. The zero-order chi connectivity index (χ0) is 19.1. The number of ether oxygens (including phenoxy) is 1. The van der Waals surface area contributed by atoms with Gasteiger partial charge in [-0.15, -0.1) is 0 Å². The number of phenols is 3. The largest absolute Gasteiger partial charge is 0.508 e. The van der Waals surface area contributed by atoms with Crippen molar-refractivity contribution in [2.24, 2.45) is 0 Å². The van der Waals surface area contributed by atoms with Crippen molar-refractivity contribution < 1.29 is 30.0 Å². The average Bonchev–Trinajstić information content (AvgIpc) is 2.56. The lowest BCUT2D eigenvalue weighted by Gasteiger charge is -2.37. The number of carbonyl (C=O) groups excluding carboxylic acids is 1. The molecule has 0 fully saturated rings. The molecule has 0 amide bonds. The monoisotopic (exact) mass is 356 g/mol. The van der Waals surface area contributed by atoms with Gasteiger partial charge in [0.05, 0.1) is 6.10 Å². The molecule has 1 heterocycles. The van der Waals surface area contributed by atoms with Crippen LogP contribution in [0.5, 0.6) is 23.0 Å². The Bertz CT molecular complexity index is 880. The summed E-state index contributed by atoms with van der Waals surface area (Å²) < 4.78 is 5.65. The zero-order valence-electron chi connectivity index (χ0n) is 14.4. The molecule has 1 unspecified atom stereocenters. The van der Waals surface area contributed by atoms with E-state index in [4.69, 9.17) is 4.74 Å². The van der Waals surface area contributed by atoms with E-state index in [1.54, 1.807) is 26.0 Å². The molecule has 3 rings (SSSR count). The summed E-state index contributed by atoms with van der Waals surface area (Å²) >= 11 is 0. The van der Waals surface area contributed by atoms with E-state index in [0.717, 1.165) is 0 Å². The Kier molecular flexibility index (Phi) is 4.38. The summed E-state index contributed by atoms with van der Waals surface area (Å²) in [6.07, 6.45) is 1.98. The Morgan fingerprint density at radius 2 is 1.85 bits per heavy atom. The lowest BCUT2D eigenvalue weighted by atomic mass is 9.89. The van der Waals surface area contributed by atoms with Crippen molar-refractivity contribution in [1.82, 2.24) is 0 Å². The molecule has 1 aliphatic rings. The number of aromatic hydroxyl groups is 3. The normalized spacial score (nSPS) is 18.3. The SMILES string of the molecule is CC1(C)Oc2cc(O)c(C(=O)C=Cc3ccc(O)cc3)c(O)c2CC1O. The van der Waals surface area contributed by atoms with Gasteiger partial charge in [0.2, 0.25) is 0 Å². The number of fused-ring (bicyclic) bond motifs is 1. The Morgan fingerprint density at radius 3 is 2.50 bits per heavy atom. The van der Waals surface area contributed by atoms with Crippen LogP contribution in [0.4, 0.5) is 0 Å². The molecule has 0 aliphatic carbocycles. The van der Waals surface area contributed by atoms with Gasteiger partial charge in [-0.05, 0) is 37.6 Å². The molecule has 0 saturated carbocycles. The fraction of sp³-hybridized carbons (Fsp3) is 0.250. The lowest BCUT2D eigenvalue weighted by molar-refractivity contribution is -0.0418. The first-order valence-corrected chi connectivity index (χ1v) is 8.15. The number of hydrogen-bond donors (Lipinski definition) is 4. The van der Waals surface area contributed by atoms with Crippen LogP contribution < -0.4 is 4.74 Å². The predicted molar refractivity (Wildman–Crippen MR) is 95.7 cm³/mol. The average molecular weight is 356 g/mol. The summed E-state index contributed by atoms with van der Waals surface area (Å²) in [4.78, 5) is 12.5. The highest BCUT2D eigenvalue weighted by molar-refractivity contribution is 6.11. The number of rotatable bonds is 3. The molecular formula is C20H20O6. The molecule has 1 atom stereocenters. The van der Waals surface area contributed by atoms with E-state index in [1.807, 2.05) is 0 Å². The second kappa shape index (κ2) is 6.38. The van der Waals surface area contributed by atoms with E-state index in [-0.39, 0.29) is 29.0 Å². The van der Waals surface area contributed by atoms with Gasteiger partial charge in [0.15, 0.2) is 5.78 Å². The fourth-order valence-corrected chi connectivity index (χ4v) is 2.83. The molecule has 26 heavy (non-hydrogen) atoms. The Morgan fingerprint density at radius 1 is 1.19 bits per heavy atom. The summed E-state index contributed by atoms with van der Waals surface area (Å²) in [5, 5.41) is 40.1.